The van der Waals surface area contributed by atoms with Crippen LogP contribution in [0.15, 0.2) is 23.1 Å². The molecule has 0 saturated carbocycles. The number of thioether (sulfide) groups is 1. The average Bonchev–Trinajstić information content (AvgIpc) is 2.45. The number of ether oxygens (including phenoxy) is 1. The zero-order chi connectivity index (χ0) is 15.0. The van der Waals surface area contributed by atoms with Gasteiger partial charge in [0, 0.05) is 10.6 Å². The summed E-state index contributed by atoms with van der Waals surface area (Å²) in [6.07, 6.45) is 1.79. The number of benzene rings is 1. The smallest absolute Gasteiger partial charge is 0.322 e. The molecule has 0 aliphatic heterocycles. The molecule has 3 nitrogen and oxygen atoms in total. The van der Waals surface area contributed by atoms with E-state index in [0.717, 1.165) is 25.1 Å². The van der Waals surface area contributed by atoms with Crippen LogP contribution in [0.25, 0.3) is 0 Å². The Morgan fingerprint density at radius 1 is 1.35 bits per heavy atom. The van der Waals surface area contributed by atoms with E-state index in [0.29, 0.717) is 0 Å². The molecule has 0 aromatic heterocycles. The van der Waals surface area contributed by atoms with Crippen molar-refractivity contribution >= 4 is 17.7 Å². The highest BCUT2D eigenvalue weighted by Gasteiger charge is 2.17. The van der Waals surface area contributed by atoms with Gasteiger partial charge in [-0.05, 0) is 56.5 Å². The first-order valence-corrected chi connectivity index (χ1v) is 8.08. The minimum atomic E-state index is -0.195. The zero-order valence-corrected chi connectivity index (χ0v) is 13.7. The molecule has 4 heteroatoms. The van der Waals surface area contributed by atoms with E-state index in [1.54, 1.807) is 11.8 Å². The lowest BCUT2D eigenvalue weighted by Gasteiger charge is -2.15. The molecule has 1 atom stereocenters. The summed E-state index contributed by atoms with van der Waals surface area (Å²) in [5.74, 6) is 0.734. The van der Waals surface area contributed by atoms with E-state index in [1.807, 2.05) is 0 Å². The Bertz CT molecular complexity index is 434. The number of nitrogens with one attached hydrogen (secondary N) is 1. The lowest BCUT2D eigenvalue weighted by Crippen LogP contribution is -2.38. The first-order chi connectivity index (χ1) is 9.58. The monoisotopic (exact) mass is 295 g/mol. The highest BCUT2D eigenvalue weighted by molar-refractivity contribution is 7.99. The summed E-state index contributed by atoms with van der Waals surface area (Å²) in [4.78, 5) is 12.9. The van der Waals surface area contributed by atoms with E-state index in [2.05, 4.69) is 44.3 Å². The van der Waals surface area contributed by atoms with Gasteiger partial charge in [0.2, 0.25) is 0 Å². The third-order valence-corrected chi connectivity index (χ3v) is 4.31. The molecule has 0 saturated heterocycles. The lowest BCUT2D eigenvalue weighted by molar-refractivity contribution is -0.143. The topological polar surface area (TPSA) is 38.3 Å². The molecule has 0 amide bonds. The molecule has 0 aliphatic rings. The highest BCUT2D eigenvalue weighted by Crippen LogP contribution is 2.22. The van der Waals surface area contributed by atoms with Crippen molar-refractivity contribution in [1.29, 1.82) is 0 Å². The summed E-state index contributed by atoms with van der Waals surface area (Å²) in [6, 6.07) is 6.29. The second-order valence-corrected chi connectivity index (χ2v) is 6.08. The molecular formula is C16H25NO2S. The van der Waals surface area contributed by atoms with Crippen molar-refractivity contribution in [2.75, 3.05) is 19.4 Å². The molecule has 0 heterocycles. The first-order valence-electron chi connectivity index (χ1n) is 7.09. The second-order valence-electron chi connectivity index (χ2n) is 4.91. The van der Waals surface area contributed by atoms with Gasteiger partial charge in [-0.25, -0.2) is 0 Å². The molecule has 1 rings (SSSR count). The maximum atomic E-state index is 11.7. The van der Waals surface area contributed by atoms with Gasteiger partial charge in [0.15, 0.2) is 0 Å². The Balaban J connectivity index is 2.46. The minimum Gasteiger partial charge on any atom is -0.468 e. The summed E-state index contributed by atoms with van der Waals surface area (Å²) in [5.41, 5.74) is 2.62. The van der Waals surface area contributed by atoms with Crippen LogP contribution < -0.4 is 5.32 Å². The molecule has 0 bridgehead atoms. The van der Waals surface area contributed by atoms with Gasteiger partial charge in [-0.1, -0.05) is 13.0 Å². The highest BCUT2D eigenvalue weighted by atomic mass is 32.2. The molecule has 0 spiro atoms. The Hall–Kier alpha value is -1.00. The van der Waals surface area contributed by atoms with E-state index in [9.17, 15) is 4.79 Å². The molecule has 0 radical (unpaired) electrons. The largest absolute Gasteiger partial charge is 0.468 e. The van der Waals surface area contributed by atoms with E-state index >= 15 is 0 Å². The van der Waals surface area contributed by atoms with Crippen molar-refractivity contribution in [1.82, 2.24) is 5.32 Å². The van der Waals surface area contributed by atoms with Gasteiger partial charge in [0.25, 0.3) is 0 Å². The molecule has 1 aromatic carbocycles. The quantitative estimate of drug-likeness (QED) is 0.590. The molecule has 1 N–H and O–H groups in total. The van der Waals surface area contributed by atoms with Crippen LogP contribution in [0.4, 0.5) is 0 Å². The van der Waals surface area contributed by atoms with E-state index in [4.69, 9.17) is 4.74 Å². The van der Waals surface area contributed by atoms with Crippen LogP contribution in [-0.2, 0) is 9.53 Å². The normalized spacial score (nSPS) is 12.2. The van der Waals surface area contributed by atoms with Crippen molar-refractivity contribution in [2.24, 2.45) is 0 Å². The molecule has 0 aliphatic carbocycles. The number of hydrogen-bond donors (Lipinski definition) is 1. The predicted octanol–water partition coefficient (Wildman–Crippen LogP) is 3.33. The SMILES string of the molecule is CCCNC(CCSc1ccc(C)c(C)c1)C(=O)OC. The number of aryl methyl sites for hydroxylation is 2. The van der Waals surface area contributed by atoms with Crippen LogP contribution in [0.1, 0.15) is 30.9 Å². The van der Waals surface area contributed by atoms with Crippen LogP contribution in [0.3, 0.4) is 0 Å². The van der Waals surface area contributed by atoms with Crippen LogP contribution >= 0.6 is 11.8 Å². The first kappa shape index (κ1) is 17.1. The maximum absolute atomic E-state index is 11.7. The van der Waals surface area contributed by atoms with Crippen LogP contribution in [0, 0.1) is 13.8 Å². The maximum Gasteiger partial charge on any atom is 0.322 e. The van der Waals surface area contributed by atoms with Gasteiger partial charge in [-0.15, -0.1) is 11.8 Å². The lowest BCUT2D eigenvalue weighted by atomic mass is 10.1. The number of carbonyl (C=O) groups is 1. The van der Waals surface area contributed by atoms with Crippen molar-refractivity contribution in [3.8, 4) is 0 Å². The Morgan fingerprint density at radius 2 is 2.10 bits per heavy atom. The fourth-order valence-corrected chi connectivity index (χ4v) is 2.88. The van der Waals surface area contributed by atoms with Crippen LogP contribution in [0.2, 0.25) is 0 Å². The standard InChI is InChI=1S/C16H25NO2S/c1-5-9-17-15(16(18)19-4)8-10-20-14-7-6-12(2)13(3)11-14/h6-7,11,15,17H,5,8-10H2,1-4H3. The average molecular weight is 295 g/mol. The fourth-order valence-electron chi connectivity index (χ4n) is 1.86. The summed E-state index contributed by atoms with van der Waals surface area (Å²) < 4.78 is 4.84. The molecule has 0 fully saturated rings. The van der Waals surface area contributed by atoms with Gasteiger partial charge in [0.05, 0.1) is 7.11 Å². The number of methoxy groups -OCH3 is 1. The van der Waals surface area contributed by atoms with Crippen molar-refractivity contribution in [2.45, 2.75) is 44.6 Å². The van der Waals surface area contributed by atoms with Gasteiger partial charge >= 0.3 is 5.97 Å². The number of hydrogen-bond acceptors (Lipinski definition) is 4. The van der Waals surface area contributed by atoms with Gasteiger partial charge < -0.3 is 10.1 Å². The molecule has 112 valence electrons. The summed E-state index contributed by atoms with van der Waals surface area (Å²) in [7, 11) is 1.44. The third-order valence-electron chi connectivity index (χ3n) is 3.28. The fraction of sp³-hybridized carbons (Fsp3) is 0.562. The Kier molecular flexibility index (Phi) is 7.70. The minimum absolute atomic E-state index is 0.167. The zero-order valence-electron chi connectivity index (χ0n) is 12.9. The number of rotatable bonds is 8. The second kappa shape index (κ2) is 9.03. The van der Waals surface area contributed by atoms with Crippen LogP contribution in [0.5, 0.6) is 0 Å². The molecule has 1 aromatic rings. The van der Waals surface area contributed by atoms with Crippen molar-refractivity contribution in [3.63, 3.8) is 0 Å². The van der Waals surface area contributed by atoms with E-state index in [1.165, 1.54) is 23.1 Å². The predicted molar refractivity (Wildman–Crippen MR) is 85.4 cm³/mol. The molecule has 1 unspecified atom stereocenters. The van der Waals surface area contributed by atoms with E-state index in [-0.39, 0.29) is 12.0 Å². The van der Waals surface area contributed by atoms with Gasteiger partial charge in [0.1, 0.15) is 6.04 Å². The van der Waals surface area contributed by atoms with Gasteiger partial charge in [-0.3, -0.25) is 4.79 Å². The van der Waals surface area contributed by atoms with E-state index < -0.39 is 0 Å². The third kappa shape index (κ3) is 5.55. The summed E-state index contributed by atoms with van der Waals surface area (Å²) in [6.45, 7) is 7.17. The summed E-state index contributed by atoms with van der Waals surface area (Å²) in [5, 5.41) is 3.24. The Labute approximate surface area is 126 Å². The Morgan fingerprint density at radius 3 is 2.70 bits per heavy atom. The van der Waals surface area contributed by atoms with Crippen molar-refractivity contribution < 1.29 is 9.53 Å². The van der Waals surface area contributed by atoms with Crippen molar-refractivity contribution in [3.05, 3.63) is 29.3 Å². The molecular weight excluding hydrogens is 270 g/mol. The van der Waals surface area contributed by atoms with Gasteiger partial charge in [-0.2, -0.15) is 0 Å². The molecule has 20 heavy (non-hydrogen) atoms. The van der Waals surface area contributed by atoms with Crippen LogP contribution in [-0.4, -0.2) is 31.4 Å². The number of esters is 1. The number of carbonyl (C=O) groups excluding carboxylic acids is 1. The summed E-state index contributed by atoms with van der Waals surface area (Å²) >= 11 is 1.79.